The van der Waals surface area contributed by atoms with Crippen molar-refractivity contribution >= 4 is 28.3 Å². The lowest BCUT2D eigenvalue weighted by molar-refractivity contribution is 0.0944. The molecule has 9 heteroatoms. The SMILES string of the molecule is CN1CCCC1CCNC(=O)c1csc(NC(=O)c2ccc(F)c(F)c2)n1. The van der Waals surface area contributed by atoms with Gasteiger partial charge in [-0.3, -0.25) is 14.9 Å². The Morgan fingerprint density at radius 3 is 2.81 bits per heavy atom. The Bertz CT molecular complexity index is 843. The third-order valence-electron chi connectivity index (χ3n) is 4.57. The first-order chi connectivity index (χ1) is 12.9. The van der Waals surface area contributed by atoms with Crippen molar-refractivity contribution in [2.45, 2.75) is 25.3 Å². The molecule has 1 unspecified atom stereocenters. The van der Waals surface area contributed by atoms with Gasteiger partial charge in [0.15, 0.2) is 16.8 Å². The molecule has 0 spiro atoms. The van der Waals surface area contributed by atoms with Gasteiger partial charge in [0.25, 0.3) is 11.8 Å². The predicted molar refractivity (Wildman–Crippen MR) is 99.0 cm³/mol. The highest BCUT2D eigenvalue weighted by Gasteiger charge is 2.21. The van der Waals surface area contributed by atoms with Crippen LogP contribution < -0.4 is 10.6 Å². The van der Waals surface area contributed by atoms with Crippen LogP contribution in [-0.2, 0) is 0 Å². The lowest BCUT2D eigenvalue weighted by Gasteiger charge is -2.19. The molecule has 144 valence electrons. The number of hydrogen-bond acceptors (Lipinski definition) is 5. The van der Waals surface area contributed by atoms with E-state index in [0.717, 1.165) is 42.9 Å². The van der Waals surface area contributed by atoms with Gasteiger partial charge in [-0.1, -0.05) is 0 Å². The number of likely N-dealkylation sites (tertiary alicyclic amines) is 1. The average Bonchev–Trinajstić information content (AvgIpc) is 3.26. The van der Waals surface area contributed by atoms with Gasteiger partial charge in [0.2, 0.25) is 0 Å². The number of carbonyl (C=O) groups is 2. The highest BCUT2D eigenvalue weighted by atomic mass is 32.1. The molecule has 1 aromatic carbocycles. The molecule has 1 saturated heterocycles. The Kier molecular flexibility index (Phi) is 6.12. The fourth-order valence-corrected chi connectivity index (χ4v) is 3.71. The number of halogens is 2. The quantitative estimate of drug-likeness (QED) is 0.790. The molecule has 0 aliphatic carbocycles. The van der Waals surface area contributed by atoms with E-state index in [1.54, 1.807) is 0 Å². The second-order valence-electron chi connectivity index (χ2n) is 6.44. The van der Waals surface area contributed by atoms with Gasteiger partial charge in [-0.2, -0.15) is 0 Å². The average molecular weight is 394 g/mol. The molecular formula is C18H20F2N4O2S. The topological polar surface area (TPSA) is 74.3 Å². The molecule has 2 heterocycles. The van der Waals surface area contributed by atoms with E-state index in [1.165, 1.54) is 17.9 Å². The Morgan fingerprint density at radius 1 is 1.30 bits per heavy atom. The maximum absolute atomic E-state index is 13.2. The second-order valence-corrected chi connectivity index (χ2v) is 7.30. The number of nitrogens with one attached hydrogen (secondary N) is 2. The van der Waals surface area contributed by atoms with E-state index in [-0.39, 0.29) is 22.3 Å². The van der Waals surface area contributed by atoms with Crippen LogP contribution in [0, 0.1) is 11.6 Å². The molecule has 3 rings (SSSR count). The molecule has 2 aromatic rings. The van der Waals surface area contributed by atoms with Crippen LogP contribution in [0.1, 0.15) is 40.1 Å². The summed E-state index contributed by atoms with van der Waals surface area (Å²) < 4.78 is 26.2. The number of anilines is 1. The number of carbonyl (C=O) groups excluding carboxylic acids is 2. The van der Waals surface area contributed by atoms with Gasteiger partial charge in [-0.05, 0) is 51.1 Å². The fraction of sp³-hybridized carbons (Fsp3) is 0.389. The summed E-state index contributed by atoms with van der Waals surface area (Å²) in [6.45, 7) is 1.65. The van der Waals surface area contributed by atoms with Crippen LogP contribution in [0.15, 0.2) is 23.6 Å². The molecule has 2 N–H and O–H groups in total. The summed E-state index contributed by atoms with van der Waals surface area (Å²) in [4.78, 5) is 30.6. The number of hydrogen-bond donors (Lipinski definition) is 2. The van der Waals surface area contributed by atoms with Crippen molar-refractivity contribution in [1.29, 1.82) is 0 Å². The monoisotopic (exact) mass is 394 g/mol. The zero-order valence-corrected chi connectivity index (χ0v) is 15.6. The summed E-state index contributed by atoms with van der Waals surface area (Å²) in [5.41, 5.74) is 0.177. The summed E-state index contributed by atoms with van der Waals surface area (Å²) >= 11 is 1.09. The molecular weight excluding hydrogens is 374 g/mol. The van der Waals surface area contributed by atoms with Crippen LogP contribution >= 0.6 is 11.3 Å². The minimum atomic E-state index is -1.10. The summed E-state index contributed by atoms with van der Waals surface area (Å²) in [5, 5.41) is 7.07. The molecule has 1 aromatic heterocycles. The van der Waals surface area contributed by atoms with Crippen LogP contribution in [0.5, 0.6) is 0 Å². The molecule has 1 aliphatic heterocycles. The van der Waals surface area contributed by atoms with E-state index >= 15 is 0 Å². The van der Waals surface area contributed by atoms with Gasteiger partial charge >= 0.3 is 0 Å². The predicted octanol–water partition coefficient (Wildman–Crippen LogP) is 2.89. The third-order valence-corrected chi connectivity index (χ3v) is 5.33. The van der Waals surface area contributed by atoms with Crippen molar-refractivity contribution in [3.05, 3.63) is 46.5 Å². The molecule has 0 radical (unpaired) electrons. The van der Waals surface area contributed by atoms with Gasteiger partial charge < -0.3 is 10.2 Å². The lowest BCUT2D eigenvalue weighted by atomic mass is 10.1. The maximum Gasteiger partial charge on any atom is 0.270 e. The van der Waals surface area contributed by atoms with Crippen molar-refractivity contribution in [3.63, 3.8) is 0 Å². The van der Waals surface area contributed by atoms with Crippen molar-refractivity contribution < 1.29 is 18.4 Å². The van der Waals surface area contributed by atoms with E-state index in [9.17, 15) is 18.4 Å². The number of aromatic nitrogens is 1. The largest absolute Gasteiger partial charge is 0.351 e. The first-order valence-electron chi connectivity index (χ1n) is 8.64. The highest BCUT2D eigenvalue weighted by Crippen LogP contribution is 2.19. The molecule has 0 bridgehead atoms. The van der Waals surface area contributed by atoms with E-state index in [4.69, 9.17) is 0 Å². The number of rotatable bonds is 6. The third kappa shape index (κ3) is 4.86. The van der Waals surface area contributed by atoms with Gasteiger partial charge in [-0.25, -0.2) is 13.8 Å². The second kappa shape index (κ2) is 8.53. The van der Waals surface area contributed by atoms with E-state index < -0.39 is 17.5 Å². The standard InChI is InChI=1S/C18H20F2N4O2S/c1-24-8-2-3-12(24)6-7-21-17(26)15-10-27-18(22-15)23-16(25)11-4-5-13(19)14(20)9-11/h4-5,9-10,12H,2-3,6-8H2,1H3,(H,21,26)(H,22,23,25). The normalized spacial score (nSPS) is 17.1. The molecule has 0 saturated carbocycles. The minimum absolute atomic E-state index is 0.0317. The van der Waals surface area contributed by atoms with E-state index in [2.05, 4.69) is 27.6 Å². The van der Waals surface area contributed by atoms with Gasteiger partial charge in [0.05, 0.1) is 0 Å². The van der Waals surface area contributed by atoms with Crippen molar-refractivity contribution in [2.24, 2.45) is 0 Å². The zero-order valence-electron chi connectivity index (χ0n) is 14.8. The Labute approximate surface area is 159 Å². The first kappa shape index (κ1) is 19.4. The molecule has 2 amide bonds. The van der Waals surface area contributed by atoms with Crippen LogP contribution in [0.25, 0.3) is 0 Å². The van der Waals surface area contributed by atoms with Crippen LogP contribution in [0.2, 0.25) is 0 Å². The zero-order chi connectivity index (χ0) is 19.4. The maximum atomic E-state index is 13.2. The van der Waals surface area contributed by atoms with Crippen LogP contribution in [0.4, 0.5) is 13.9 Å². The lowest BCUT2D eigenvalue weighted by Crippen LogP contribution is -2.31. The molecule has 1 atom stereocenters. The number of amides is 2. The van der Waals surface area contributed by atoms with Crippen LogP contribution in [0.3, 0.4) is 0 Å². The van der Waals surface area contributed by atoms with Crippen molar-refractivity contribution in [2.75, 3.05) is 25.5 Å². The molecule has 1 fully saturated rings. The molecule has 6 nitrogen and oxygen atoms in total. The van der Waals surface area contributed by atoms with Gasteiger partial charge in [0.1, 0.15) is 5.69 Å². The molecule has 1 aliphatic rings. The van der Waals surface area contributed by atoms with Gasteiger partial charge in [0, 0.05) is 23.5 Å². The summed E-state index contributed by atoms with van der Waals surface area (Å²) in [6, 6.07) is 3.36. The Balaban J connectivity index is 1.51. The Hall–Kier alpha value is -2.39. The summed E-state index contributed by atoms with van der Waals surface area (Å²) in [5.74, 6) is -3.06. The number of benzene rings is 1. The number of thiazole rings is 1. The van der Waals surface area contributed by atoms with Crippen molar-refractivity contribution in [3.8, 4) is 0 Å². The Morgan fingerprint density at radius 2 is 2.11 bits per heavy atom. The first-order valence-corrected chi connectivity index (χ1v) is 9.52. The number of nitrogens with zero attached hydrogens (tertiary/aromatic N) is 2. The van der Waals surface area contributed by atoms with Crippen molar-refractivity contribution in [1.82, 2.24) is 15.2 Å². The highest BCUT2D eigenvalue weighted by molar-refractivity contribution is 7.14. The van der Waals surface area contributed by atoms with Crippen LogP contribution in [-0.4, -0.2) is 47.9 Å². The minimum Gasteiger partial charge on any atom is -0.351 e. The van der Waals surface area contributed by atoms with Gasteiger partial charge in [-0.15, -0.1) is 11.3 Å². The fourth-order valence-electron chi connectivity index (χ4n) is 3.03. The summed E-state index contributed by atoms with van der Waals surface area (Å²) in [7, 11) is 2.09. The summed E-state index contributed by atoms with van der Waals surface area (Å²) in [6.07, 6.45) is 3.21. The smallest absolute Gasteiger partial charge is 0.270 e. The van der Waals surface area contributed by atoms with E-state index in [1.807, 2.05) is 0 Å². The molecule has 27 heavy (non-hydrogen) atoms. The van der Waals surface area contributed by atoms with E-state index in [0.29, 0.717) is 12.6 Å².